The van der Waals surface area contributed by atoms with Crippen LogP contribution in [0.25, 0.3) is 0 Å². The minimum absolute atomic E-state index is 0.377. The molecule has 1 aromatic heterocycles. The maximum absolute atomic E-state index is 11.5. The van der Waals surface area contributed by atoms with Crippen molar-refractivity contribution in [2.45, 2.75) is 25.1 Å². The molecule has 0 unspecified atom stereocenters. The summed E-state index contributed by atoms with van der Waals surface area (Å²) in [6.45, 7) is 4.26. The van der Waals surface area contributed by atoms with E-state index in [0.29, 0.717) is 17.8 Å². The topological polar surface area (TPSA) is 59.3 Å². The number of halogens is 2. The van der Waals surface area contributed by atoms with Gasteiger partial charge in [0, 0.05) is 12.8 Å². The highest BCUT2D eigenvalue weighted by atomic mass is 79.9. The van der Waals surface area contributed by atoms with Gasteiger partial charge in [0.2, 0.25) is 0 Å². The molecule has 0 aromatic carbocycles. The fourth-order valence-corrected chi connectivity index (χ4v) is 2.12. The molecule has 7 heteroatoms. The third kappa shape index (κ3) is 4.08. The van der Waals surface area contributed by atoms with Crippen LogP contribution >= 0.6 is 31.9 Å². The fourth-order valence-electron chi connectivity index (χ4n) is 1.10. The van der Waals surface area contributed by atoms with Crippen LogP contribution in [-0.2, 0) is 16.4 Å². The predicted molar refractivity (Wildman–Crippen MR) is 74.7 cm³/mol. The average molecular weight is 389 g/mol. The first-order valence-electron chi connectivity index (χ1n) is 4.97. The minimum atomic E-state index is -3.07. The molecule has 0 amide bonds. The van der Waals surface area contributed by atoms with Gasteiger partial charge in [-0.25, -0.2) is 8.42 Å². The van der Waals surface area contributed by atoms with Gasteiger partial charge in [-0.05, 0) is 51.8 Å². The molecular weight excluding hydrogens is 374 g/mol. The SMILES string of the molecule is CC(C)(CNCc1cc(Br)c(Br)o1)S(C)(=O)=O. The summed E-state index contributed by atoms with van der Waals surface area (Å²) < 4.78 is 29.0. The van der Waals surface area contributed by atoms with E-state index in [0.717, 1.165) is 10.2 Å². The number of nitrogens with one attached hydrogen (secondary N) is 1. The van der Waals surface area contributed by atoms with Crippen LogP contribution in [0.5, 0.6) is 0 Å². The standard InChI is InChI=1S/C10H15Br2NO3S/c1-10(2,17(3,14)15)6-13-5-7-4-8(11)9(12)16-7/h4,13H,5-6H2,1-3H3. The van der Waals surface area contributed by atoms with Gasteiger partial charge in [-0.1, -0.05) is 0 Å². The molecule has 4 nitrogen and oxygen atoms in total. The van der Waals surface area contributed by atoms with Crippen LogP contribution in [-0.4, -0.2) is 26.0 Å². The zero-order valence-electron chi connectivity index (χ0n) is 9.88. The summed E-state index contributed by atoms with van der Waals surface area (Å²) in [5.74, 6) is 0.744. The van der Waals surface area contributed by atoms with Crippen molar-refractivity contribution in [3.8, 4) is 0 Å². The van der Waals surface area contributed by atoms with E-state index < -0.39 is 14.6 Å². The average Bonchev–Trinajstić information content (AvgIpc) is 2.44. The van der Waals surface area contributed by atoms with Crippen molar-refractivity contribution >= 4 is 41.7 Å². The van der Waals surface area contributed by atoms with Crippen LogP contribution in [0.4, 0.5) is 0 Å². The largest absolute Gasteiger partial charge is 0.452 e. The van der Waals surface area contributed by atoms with E-state index in [1.807, 2.05) is 6.07 Å². The summed E-state index contributed by atoms with van der Waals surface area (Å²) >= 11 is 6.56. The second-order valence-corrected chi connectivity index (χ2v) is 8.69. The Morgan fingerprint density at radius 1 is 1.41 bits per heavy atom. The lowest BCUT2D eigenvalue weighted by atomic mass is 10.2. The molecule has 0 aliphatic heterocycles. The molecule has 0 saturated heterocycles. The van der Waals surface area contributed by atoms with E-state index in [1.54, 1.807) is 13.8 Å². The van der Waals surface area contributed by atoms with Crippen molar-refractivity contribution in [3.05, 3.63) is 21.0 Å². The van der Waals surface area contributed by atoms with Gasteiger partial charge in [0.25, 0.3) is 0 Å². The lowest BCUT2D eigenvalue weighted by Gasteiger charge is -2.22. The molecule has 98 valence electrons. The molecule has 17 heavy (non-hydrogen) atoms. The van der Waals surface area contributed by atoms with E-state index >= 15 is 0 Å². The van der Waals surface area contributed by atoms with Crippen molar-refractivity contribution in [1.29, 1.82) is 0 Å². The van der Waals surface area contributed by atoms with E-state index in [4.69, 9.17) is 4.42 Å². The molecule has 0 radical (unpaired) electrons. The van der Waals surface area contributed by atoms with Gasteiger partial charge in [0.15, 0.2) is 14.5 Å². The van der Waals surface area contributed by atoms with Crippen LogP contribution in [0.3, 0.4) is 0 Å². The normalized spacial score (nSPS) is 13.0. The molecule has 0 bridgehead atoms. The quantitative estimate of drug-likeness (QED) is 0.842. The summed E-state index contributed by atoms with van der Waals surface area (Å²) in [5, 5.41) is 3.07. The Balaban J connectivity index is 2.54. The Bertz CT molecular complexity index is 474. The molecule has 0 spiro atoms. The van der Waals surface area contributed by atoms with E-state index in [9.17, 15) is 8.42 Å². The monoisotopic (exact) mass is 387 g/mol. The second-order valence-electron chi connectivity index (χ2n) is 4.47. The number of furan rings is 1. The van der Waals surface area contributed by atoms with Crippen molar-refractivity contribution in [2.24, 2.45) is 0 Å². The van der Waals surface area contributed by atoms with E-state index in [1.165, 1.54) is 6.26 Å². The number of hydrogen-bond donors (Lipinski definition) is 1. The van der Waals surface area contributed by atoms with Gasteiger partial charge in [-0.3, -0.25) is 0 Å². The molecule has 1 aromatic rings. The Morgan fingerprint density at radius 2 is 2.00 bits per heavy atom. The highest BCUT2D eigenvalue weighted by Gasteiger charge is 2.29. The third-order valence-electron chi connectivity index (χ3n) is 2.55. The maximum atomic E-state index is 11.5. The molecule has 1 N–H and O–H groups in total. The lowest BCUT2D eigenvalue weighted by molar-refractivity contribution is 0.450. The Morgan fingerprint density at radius 3 is 2.41 bits per heavy atom. The van der Waals surface area contributed by atoms with Crippen LogP contribution in [0.2, 0.25) is 0 Å². The minimum Gasteiger partial charge on any atom is -0.452 e. The first-order valence-corrected chi connectivity index (χ1v) is 8.45. The molecule has 1 rings (SSSR count). The van der Waals surface area contributed by atoms with Gasteiger partial charge in [0.1, 0.15) is 5.76 Å². The molecular formula is C10H15Br2NO3S. The Labute approximate surface area is 118 Å². The van der Waals surface area contributed by atoms with Gasteiger partial charge in [0.05, 0.1) is 15.8 Å². The van der Waals surface area contributed by atoms with Crippen LogP contribution in [0, 0.1) is 0 Å². The molecule has 0 aliphatic rings. The zero-order chi connectivity index (χ0) is 13.3. The predicted octanol–water partition coefficient (Wildman–Crippen LogP) is 2.72. The fraction of sp³-hybridized carbons (Fsp3) is 0.600. The van der Waals surface area contributed by atoms with E-state index in [2.05, 4.69) is 37.2 Å². The summed E-state index contributed by atoms with van der Waals surface area (Å²) in [7, 11) is -3.07. The summed E-state index contributed by atoms with van der Waals surface area (Å²) in [6, 6.07) is 1.84. The molecule has 0 saturated carbocycles. The Hall–Kier alpha value is 0.150. The number of rotatable bonds is 5. The van der Waals surface area contributed by atoms with Crippen LogP contribution in [0.15, 0.2) is 19.6 Å². The Kier molecular flexibility index (Phi) is 4.85. The first-order chi connectivity index (χ1) is 7.63. The second kappa shape index (κ2) is 5.42. The van der Waals surface area contributed by atoms with Crippen molar-refractivity contribution in [1.82, 2.24) is 5.32 Å². The van der Waals surface area contributed by atoms with Crippen LogP contribution < -0.4 is 5.32 Å². The van der Waals surface area contributed by atoms with Crippen LogP contribution in [0.1, 0.15) is 19.6 Å². The van der Waals surface area contributed by atoms with Crippen molar-refractivity contribution < 1.29 is 12.8 Å². The van der Waals surface area contributed by atoms with E-state index in [-0.39, 0.29) is 0 Å². The van der Waals surface area contributed by atoms with Gasteiger partial charge < -0.3 is 9.73 Å². The molecule has 0 atom stereocenters. The number of hydrogen-bond acceptors (Lipinski definition) is 4. The van der Waals surface area contributed by atoms with Gasteiger partial charge in [-0.15, -0.1) is 0 Å². The number of sulfone groups is 1. The highest BCUT2D eigenvalue weighted by Crippen LogP contribution is 2.26. The third-order valence-corrected chi connectivity index (χ3v) is 6.41. The van der Waals surface area contributed by atoms with Gasteiger partial charge >= 0.3 is 0 Å². The summed E-state index contributed by atoms with van der Waals surface area (Å²) in [5.41, 5.74) is 0. The first kappa shape index (κ1) is 15.2. The zero-order valence-corrected chi connectivity index (χ0v) is 13.9. The molecule has 0 aliphatic carbocycles. The van der Waals surface area contributed by atoms with Gasteiger partial charge in [-0.2, -0.15) is 0 Å². The lowest BCUT2D eigenvalue weighted by Crippen LogP contribution is -2.41. The molecule has 0 fully saturated rings. The summed E-state index contributed by atoms with van der Waals surface area (Å²) in [4.78, 5) is 0. The van der Waals surface area contributed by atoms with Crippen molar-refractivity contribution in [2.75, 3.05) is 12.8 Å². The smallest absolute Gasteiger partial charge is 0.183 e. The highest BCUT2D eigenvalue weighted by molar-refractivity contribution is 9.13. The maximum Gasteiger partial charge on any atom is 0.183 e. The van der Waals surface area contributed by atoms with Crippen molar-refractivity contribution in [3.63, 3.8) is 0 Å². The molecule has 1 heterocycles. The summed E-state index contributed by atoms with van der Waals surface area (Å²) in [6.07, 6.45) is 1.24.